The number of benzene rings is 1. The van der Waals surface area contributed by atoms with E-state index in [4.69, 9.17) is 0 Å². The van der Waals surface area contributed by atoms with Gasteiger partial charge in [-0.05, 0) is 55.4 Å². The van der Waals surface area contributed by atoms with Crippen molar-refractivity contribution < 1.29 is 9.72 Å². The van der Waals surface area contributed by atoms with Crippen molar-refractivity contribution in [1.82, 2.24) is 10.3 Å². The quantitative estimate of drug-likeness (QED) is 0.534. The van der Waals surface area contributed by atoms with Crippen LogP contribution in [-0.4, -0.2) is 34.9 Å². The van der Waals surface area contributed by atoms with Crippen molar-refractivity contribution in [1.29, 1.82) is 0 Å². The molecule has 2 aliphatic rings. The molecule has 0 bridgehead atoms. The third-order valence-corrected chi connectivity index (χ3v) is 5.76. The molecule has 8 heteroatoms. The number of nitro groups is 1. The molecule has 158 valence electrons. The molecule has 0 spiro atoms. The van der Waals surface area contributed by atoms with Crippen molar-refractivity contribution in [3.05, 3.63) is 57.8 Å². The normalized spacial score (nSPS) is 16.9. The van der Waals surface area contributed by atoms with Crippen LogP contribution in [0.2, 0.25) is 0 Å². The number of amides is 1. The number of rotatable bonds is 7. The van der Waals surface area contributed by atoms with E-state index >= 15 is 0 Å². The summed E-state index contributed by atoms with van der Waals surface area (Å²) in [6, 6.07) is 8.81. The Labute approximate surface area is 175 Å². The van der Waals surface area contributed by atoms with Crippen LogP contribution >= 0.6 is 0 Å². The fourth-order valence-corrected chi connectivity index (χ4v) is 3.62. The molecule has 2 N–H and O–H groups in total. The minimum atomic E-state index is -0.453. The van der Waals surface area contributed by atoms with E-state index in [-0.39, 0.29) is 17.2 Å². The molecule has 2 fully saturated rings. The molecule has 0 atom stereocenters. The van der Waals surface area contributed by atoms with Crippen LogP contribution in [0, 0.1) is 16.0 Å². The molecule has 2 heterocycles. The number of nitro benzene ring substituents is 1. The third-order valence-electron chi connectivity index (χ3n) is 5.76. The Morgan fingerprint density at radius 1 is 1.20 bits per heavy atom. The van der Waals surface area contributed by atoms with Gasteiger partial charge < -0.3 is 15.5 Å². The predicted octanol–water partition coefficient (Wildman–Crippen LogP) is 3.73. The van der Waals surface area contributed by atoms with Crippen LogP contribution in [0.5, 0.6) is 0 Å². The average Bonchev–Trinajstić information content (AvgIpc) is 3.57. The Balaban J connectivity index is 1.36. The zero-order valence-electron chi connectivity index (χ0n) is 17.1. The van der Waals surface area contributed by atoms with Gasteiger partial charge in [-0.15, -0.1) is 0 Å². The van der Waals surface area contributed by atoms with Crippen LogP contribution < -0.4 is 15.5 Å². The smallest absolute Gasteiger partial charge is 0.293 e. The lowest BCUT2D eigenvalue weighted by atomic mass is 9.99. The van der Waals surface area contributed by atoms with Crippen LogP contribution in [0.15, 0.2) is 36.5 Å². The predicted molar refractivity (Wildman–Crippen MR) is 116 cm³/mol. The largest absolute Gasteiger partial charge is 0.377 e. The molecule has 8 nitrogen and oxygen atoms in total. The van der Waals surface area contributed by atoms with E-state index in [1.165, 1.54) is 18.9 Å². The van der Waals surface area contributed by atoms with E-state index in [1.54, 1.807) is 18.3 Å². The Bertz CT molecular complexity index is 919. The van der Waals surface area contributed by atoms with Gasteiger partial charge in [-0.3, -0.25) is 14.9 Å². The number of nitrogens with one attached hydrogen (secondary N) is 2. The van der Waals surface area contributed by atoms with E-state index in [2.05, 4.69) is 27.4 Å². The summed E-state index contributed by atoms with van der Waals surface area (Å²) in [7, 11) is 0. The van der Waals surface area contributed by atoms with Gasteiger partial charge in [0.15, 0.2) is 0 Å². The first kappa shape index (κ1) is 20.1. The molecule has 1 saturated heterocycles. The van der Waals surface area contributed by atoms with Gasteiger partial charge >= 0.3 is 0 Å². The van der Waals surface area contributed by atoms with Gasteiger partial charge in [-0.2, -0.15) is 0 Å². The first-order valence-corrected chi connectivity index (χ1v) is 10.5. The SMILES string of the molecule is CC1CCN(c2ccc(CNC(=O)c3ccc(NC4CC4)c([N+](=O)[O-])c3)cn2)CC1. The first-order valence-electron chi connectivity index (χ1n) is 10.5. The van der Waals surface area contributed by atoms with E-state index in [9.17, 15) is 14.9 Å². The number of hydrogen-bond donors (Lipinski definition) is 2. The second kappa shape index (κ2) is 8.69. The van der Waals surface area contributed by atoms with Gasteiger partial charge in [-0.25, -0.2) is 4.98 Å². The summed E-state index contributed by atoms with van der Waals surface area (Å²) in [6.07, 6.45) is 6.17. The highest BCUT2D eigenvalue weighted by atomic mass is 16.6. The molecule has 1 aromatic heterocycles. The van der Waals surface area contributed by atoms with Crippen LogP contribution in [0.3, 0.4) is 0 Å². The van der Waals surface area contributed by atoms with E-state index in [0.29, 0.717) is 18.3 Å². The van der Waals surface area contributed by atoms with Gasteiger partial charge in [0.2, 0.25) is 0 Å². The van der Waals surface area contributed by atoms with Gasteiger partial charge in [0.05, 0.1) is 4.92 Å². The van der Waals surface area contributed by atoms with Crippen molar-refractivity contribution in [3.63, 3.8) is 0 Å². The average molecular weight is 409 g/mol. The van der Waals surface area contributed by atoms with Crippen LogP contribution in [0.1, 0.15) is 48.5 Å². The summed E-state index contributed by atoms with van der Waals surface area (Å²) in [5, 5.41) is 17.3. The second-order valence-electron chi connectivity index (χ2n) is 8.28. The fourth-order valence-electron chi connectivity index (χ4n) is 3.62. The number of aromatic nitrogens is 1. The number of pyridine rings is 1. The topological polar surface area (TPSA) is 100 Å². The molecule has 1 aliphatic carbocycles. The summed E-state index contributed by atoms with van der Waals surface area (Å²) in [4.78, 5) is 30.3. The summed E-state index contributed by atoms with van der Waals surface area (Å²) in [6.45, 7) is 4.64. The van der Waals surface area contributed by atoms with Crippen molar-refractivity contribution in [2.75, 3.05) is 23.3 Å². The number of carbonyl (C=O) groups is 1. The fraction of sp³-hybridized carbons (Fsp3) is 0.455. The van der Waals surface area contributed by atoms with Crippen molar-refractivity contribution in [3.8, 4) is 0 Å². The van der Waals surface area contributed by atoms with Crippen molar-refractivity contribution >= 4 is 23.1 Å². The van der Waals surface area contributed by atoms with E-state index in [0.717, 1.165) is 43.2 Å². The lowest BCUT2D eigenvalue weighted by molar-refractivity contribution is -0.384. The summed E-state index contributed by atoms with van der Waals surface area (Å²) in [5.41, 5.74) is 1.55. The lowest BCUT2D eigenvalue weighted by Gasteiger charge is -2.31. The number of carbonyl (C=O) groups excluding carboxylic acids is 1. The lowest BCUT2D eigenvalue weighted by Crippen LogP contribution is -2.33. The number of piperidine rings is 1. The maximum Gasteiger partial charge on any atom is 0.293 e. The molecular formula is C22H27N5O3. The Kier molecular flexibility index (Phi) is 5.83. The van der Waals surface area contributed by atoms with Crippen LogP contribution in [0.4, 0.5) is 17.2 Å². The number of anilines is 2. The monoisotopic (exact) mass is 409 g/mol. The van der Waals surface area contributed by atoms with Gasteiger partial charge in [0.25, 0.3) is 11.6 Å². The molecule has 4 rings (SSSR count). The molecule has 0 radical (unpaired) electrons. The molecule has 1 saturated carbocycles. The second-order valence-corrected chi connectivity index (χ2v) is 8.28. The highest BCUT2D eigenvalue weighted by Gasteiger charge is 2.25. The van der Waals surface area contributed by atoms with E-state index < -0.39 is 4.92 Å². The molecule has 1 aromatic carbocycles. The van der Waals surface area contributed by atoms with Gasteiger partial charge in [-0.1, -0.05) is 13.0 Å². The Morgan fingerprint density at radius 3 is 2.60 bits per heavy atom. The summed E-state index contributed by atoms with van der Waals surface area (Å²) >= 11 is 0. The third kappa shape index (κ3) is 4.87. The molecule has 2 aromatic rings. The molecule has 30 heavy (non-hydrogen) atoms. The molecular weight excluding hydrogens is 382 g/mol. The van der Waals surface area contributed by atoms with Gasteiger partial charge in [0, 0.05) is 43.5 Å². The van der Waals surface area contributed by atoms with Crippen LogP contribution in [0.25, 0.3) is 0 Å². The standard InChI is InChI=1S/C22H27N5O3/c1-15-8-10-26(11-9-15)21-7-2-16(13-23-21)14-24-22(28)17-3-6-19(25-18-4-5-18)20(12-17)27(29)30/h2-3,6-7,12-13,15,18,25H,4-5,8-11,14H2,1H3,(H,24,28). The number of hydrogen-bond acceptors (Lipinski definition) is 6. The van der Waals surface area contributed by atoms with Crippen molar-refractivity contribution in [2.45, 2.75) is 45.2 Å². The van der Waals surface area contributed by atoms with Crippen LogP contribution in [-0.2, 0) is 6.54 Å². The maximum absolute atomic E-state index is 12.5. The Morgan fingerprint density at radius 2 is 1.97 bits per heavy atom. The first-order chi connectivity index (χ1) is 14.5. The summed E-state index contributed by atoms with van der Waals surface area (Å²) < 4.78 is 0. The highest BCUT2D eigenvalue weighted by Crippen LogP contribution is 2.31. The zero-order chi connectivity index (χ0) is 21.1. The zero-order valence-corrected chi connectivity index (χ0v) is 17.1. The van der Waals surface area contributed by atoms with Gasteiger partial charge in [0.1, 0.15) is 11.5 Å². The summed E-state index contributed by atoms with van der Waals surface area (Å²) in [5.74, 6) is 1.39. The molecule has 1 aliphatic heterocycles. The Hall–Kier alpha value is -3.16. The maximum atomic E-state index is 12.5. The minimum absolute atomic E-state index is 0.0728. The minimum Gasteiger partial charge on any atom is -0.377 e. The highest BCUT2D eigenvalue weighted by molar-refractivity contribution is 5.95. The van der Waals surface area contributed by atoms with E-state index in [1.807, 2.05) is 12.1 Å². The molecule has 0 unspecified atom stereocenters. The molecule has 1 amide bonds. The van der Waals surface area contributed by atoms with Crippen molar-refractivity contribution in [2.24, 2.45) is 5.92 Å². The number of nitrogens with zero attached hydrogens (tertiary/aromatic N) is 3.